The molecule has 0 aliphatic heterocycles. The van der Waals surface area contributed by atoms with E-state index in [-0.39, 0.29) is 46.9 Å². The van der Waals surface area contributed by atoms with Crippen LogP contribution in [0.2, 0.25) is 0 Å². The second-order valence-electron chi connectivity index (χ2n) is 0.287. The van der Waals surface area contributed by atoms with Gasteiger partial charge in [0.25, 0.3) is 0 Å². The van der Waals surface area contributed by atoms with Gasteiger partial charge in [0.15, 0.2) is 0 Å². The molecule has 0 atom stereocenters. The molecule has 0 radical (unpaired) electrons. The van der Waals surface area contributed by atoms with Crippen molar-refractivity contribution in [3.05, 3.63) is 0 Å². The molecule has 2 nitrogen and oxygen atoms in total. The van der Waals surface area contributed by atoms with Crippen molar-refractivity contribution in [3.63, 3.8) is 0 Å². The zero-order valence-corrected chi connectivity index (χ0v) is 4.30. The quantitative estimate of drug-likeness (QED) is 0.580. The maximum atomic E-state index is 8.83. The molecule has 0 spiro atoms. The number of rotatable bonds is 1. The van der Waals surface area contributed by atoms with Crippen molar-refractivity contribution >= 4 is 6.47 Å². The van der Waals surface area contributed by atoms with Gasteiger partial charge in [-0.1, -0.05) is 6.47 Å². The minimum Gasteiger partial charge on any atom is -0.655 e. The average molecular weight is 232 g/mol. The third kappa shape index (κ3) is 11.3. The Morgan fingerprint density at radius 1 is 1.80 bits per heavy atom. The van der Waals surface area contributed by atoms with Crippen molar-refractivity contribution in [2.24, 2.45) is 0 Å². The number of methoxy groups -OCH3 is 1. The maximum absolute atomic E-state index is 8.83. The van der Waals surface area contributed by atoms with Crippen molar-refractivity contribution in [1.29, 1.82) is 0 Å². The van der Waals surface area contributed by atoms with Gasteiger partial charge in [0.05, 0.1) is 0 Å². The van der Waals surface area contributed by atoms with E-state index in [1.165, 1.54) is 13.6 Å². The van der Waals surface area contributed by atoms with Crippen molar-refractivity contribution in [2.45, 2.75) is 0 Å². The van der Waals surface area contributed by atoms with E-state index in [1.807, 2.05) is 0 Å². The summed E-state index contributed by atoms with van der Waals surface area (Å²) >= 11 is 0. The molecule has 0 aromatic rings. The van der Waals surface area contributed by atoms with E-state index < -0.39 is 0 Å². The smallest absolute Gasteiger partial charge is 0.0362 e. The van der Waals surface area contributed by atoms with E-state index in [4.69, 9.17) is 4.79 Å². The van der Waals surface area contributed by atoms with Crippen LogP contribution in [-0.4, -0.2) is 13.6 Å². The van der Waals surface area contributed by atoms with Gasteiger partial charge in [-0.2, -0.15) is 0 Å². The second-order valence-corrected chi connectivity index (χ2v) is 0.287. The van der Waals surface area contributed by atoms with E-state index in [0.29, 0.717) is 0 Å². The molecule has 0 rings (SSSR count). The third-order valence-corrected chi connectivity index (χ3v) is 0.0833. The Bertz CT molecular complexity index is 21.6. The molecule has 0 N–H and O–H groups in total. The summed E-state index contributed by atoms with van der Waals surface area (Å²) in [6, 6.07) is 0. The van der Waals surface area contributed by atoms with Crippen LogP contribution < -0.4 is 0 Å². The van der Waals surface area contributed by atoms with Gasteiger partial charge in [-0.05, 0) is 0 Å². The monoisotopic (exact) mass is 233 g/mol. The molecule has 5 heavy (non-hydrogen) atoms. The van der Waals surface area contributed by atoms with Gasteiger partial charge in [0.1, 0.15) is 0 Å². The molecule has 0 unspecified atom stereocenters. The van der Waals surface area contributed by atoms with Crippen LogP contribution in [-0.2, 0) is 9.53 Å². The predicted molar refractivity (Wildman–Crippen MR) is 12.7 cm³/mol. The Morgan fingerprint density at radius 2 is 2.00 bits per heavy atom. The summed E-state index contributed by atoms with van der Waals surface area (Å²) in [5.41, 5.74) is 0. The van der Waals surface area contributed by atoms with Gasteiger partial charge < -0.3 is 9.53 Å². The first-order valence-corrected chi connectivity index (χ1v) is 0.816. The van der Waals surface area contributed by atoms with E-state index in [0.717, 1.165) is 0 Å². The van der Waals surface area contributed by atoms with Gasteiger partial charge in [0.2, 0.25) is 0 Å². The summed E-state index contributed by atoms with van der Waals surface area (Å²) in [4.78, 5) is 8.83. The maximum Gasteiger partial charge on any atom is 0.0362 e. The molecule has 0 saturated heterocycles. The normalized spacial score (nSPS) is 4.20. The first-order chi connectivity index (χ1) is 1.91. The molecular formula is C2H3O2Yb-. The van der Waals surface area contributed by atoms with Gasteiger partial charge >= 0.3 is 0 Å². The first-order valence-electron chi connectivity index (χ1n) is 0.816. The molecule has 0 saturated carbocycles. The van der Waals surface area contributed by atoms with Crippen LogP contribution in [0.4, 0.5) is 0 Å². The molecule has 0 bridgehead atoms. The Morgan fingerprint density at radius 3 is 2.00 bits per heavy atom. The number of ether oxygens (including phenoxy) is 1. The van der Waals surface area contributed by atoms with Crippen LogP contribution in [0.15, 0.2) is 0 Å². The molecule has 0 aromatic heterocycles. The van der Waals surface area contributed by atoms with E-state index in [2.05, 4.69) is 4.74 Å². The number of carbonyl (C=O) groups excluding carboxylic acids is 1. The SMILES string of the molecule is CO[C-]=O.[Yb]. The summed E-state index contributed by atoms with van der Waals surface area (Å²) in [6.45, 7) is 1.18. The van der Waals surface area contributed by atoms with Crippen LogP contribution in [0.1, 0.15) is 0 Å². The average Bonchev–Trinajstić information content (AvgIpc) is 1.37. The van der Waals surface area contributed by atoms with E-state index >= 15 is 0 Å². The van der Waals surface area contributed by atoms with Gasteiger partial charge in [-0.3, -0.25) is 0 Å². The van der Waals surface area contributed by atoms with Crippen LogP contribution in [0.5, 0.6) is 0 Å². The van der Waals surface area contributed by atoms with Gasteiger partial charge in [-0.15, -0.1) is 0 Å². The molecule has 3 heteroatoms. The number of hydrogen-bond acceptors (Lipinski definition) is 2. The van der Waals surface area contributed by atoms with Crippen LogP contribution >= 0.6 is 0 Å². The zero-order chi connectivity index (χ0) is 3.41. The molecule has 0 heterocycles. The molecule has 38 valence electrons. The topological polar surface area (TPSA) is 26.3 Å². The Balaban J connectivity index is 0. The number of hydrogen-bond donors (Lipinski definition) is 0. The van der Waals surface area contributed by atoms with Gasteiger partial charge in [-0.25, -0.2) is 0 Å². The first kappa shape index (κ1) is 9.37. The van der Waals surface area contributed by atoms with Crippen LogP contribution in [0.3, 0.4) is 0 Å². The minimum atomic E-state index is 0. The fourth-order valence-corrected chi connectivity index (χ4v) is 0. The summed E-state index contributed by atoms with van der Waals surface area (Å²) in [6.07, 6.45) is 0. The largest absolute Gasteiger partial charge is 0.655 e. The Kier molecular flexibility index (Phi) is 16.6. The van der Waals surface area contributed by atoms with Gasteiger partial charge in [0, 0.05) is 54.0 Å². The predicted octanol–water partition coefficient (Wildman–Crippen LogP) is -0.300. The minimum absolute atomic E-state index is 0. The summed E-state index contributed by atoms with van der Waals surface area (Å²) in [5.74, 6) is 0. The standard InChI is InChI=1S/C2H3O2.Yb/c1-4-2-3;/h1H3;/q-1;. The fraction of sp³-hybridized carbons (Fsp3) is 0.500. The second kappa shape index (κ2) is 8.89. The Hall–Kier alpha value is 0.989. The summed E-state index contributed by atoms with van der Waals surface area (Å²) in [7, 11) is 1.26. The summed E-state index contributed by atoms with van der Waals surface area (Å²) < 4.78 is 3.74. The fourth-order valence-electron chi connectivity index (χ4n) is 0. The summed E-state index contributed by atoms with van der Waals surface area (Å²) in [5, 5.41) is 0. The van der Waals surface area contributed by atoms with Crippen LogP contribution in [0, 0.1) is 46.9 Å². The molecule has 0 aliphatic carbocycles. The van der Waals surface area contributed by atoms with Crippen molar-refractivity contribution < 1.29 is 56.5 Å². The molecule has 0 amide bonds. The third-order valence-electron chi connectivity index (χ3n) is 0.0833. The molecular weight excluding hydrogens is 229 g/mol. The van der Waals surface area contributed by atoms with E-state index in [9.17, 15) is 0 Å². The molecule has 0 aromatic carbocycles. The molecule has 0 fully saturated rings. The molecule has 0 aliphatic rings. The van der Waals surface area contributed by atoms with Crippen molar-refractivity contribution in [1.82, 2.24) is 0 Å². The zero-order valence-electron chi connectivity index (χ0n) is 2.58. The van der Waals surface area contributed by atoms with Crippen molar-refractivity contribution in [3.8, 4) is 0 Å². The van der Waals surface area contributed by atoms with Crippen LogP contribution in [0.25, 0.3) is 0 Å². The van der Waals surface area contributed by atoms with E-state index in [1.54, 1.807) is 0 Å². The van der Waals surface area contributed by atoms with Crippen molar-refractivity contribution in [2.75, 3.05) is 7.11 Å². The Labute approximate surface area is 69.1 Å².